The number of nitrogens with one attached hydrogen (secondary N) is 1. The van der Waals surface area contributed by atoms with Crippen LogP contribution in [-0.2, 0) is 4.74 Å². The largest absolute Gasteiger partial charge is 0.378 e. The van der Waals surface area contributed by atoms with Crippen LogP contribution in [0.1, 0.15) is 56.4 Å². The third-order valence-corrected chi connectivity index (χ3v) is 4.37. The van der Waals surface area contributed by atoms with Gasteiger partial charge in [-0.2, -0.15) is 0 Å². The summed E-state index contributed by atoms with van der Waals surface area (Å²) in [5, 5.41) is 3.63. The fourth-order valence-electron chi connectivity index (χ4n) is 2.48. The van der Waals surface area contributed by atoms with Gasteiger partial charge in [0.1, 0.15) is 0 Å². The Kier molecular flexibility index (Phi) is 6.11. The smallest absolute Gasteiger partial charge is 0.0794 e. The highest BCUT2D eigenvalue weighted by Gasteiger charge is 2.17. The molecule has 18 heavy (non-hydrogen) atoms. The quantitative estimate of drug-likeness (QED) is 0.783. The average Bonchev–Trinajstić information content (AvgIpc) is 3.05. The van der Waals surface area contributed by atoms with Crippen molar-refractivity contribution in [2.75, 3.05) is 13.2 Å². The molecule has 1 aliphatic heterocycles. The van der Waals surface area contributed by atoms with Gasteiger partial charge in [-0.25, -0.2) is 0 Å². The van der Waals surface area contributed by atoms with Gasteiger partial charge in [-0.15, -0.1) is 11.3 Å². The van der Waals surface area contributed by atoms with Crippen LogP contribution in [0.4, 0.5) is 0 Å². The Bertz CT molecular complexity index is 310. The highest BCUT2D eigenvalue weighted by atomic mass is 32.1. The maximum Gasteiger partial charge on any atom is 0.0794 e. The van der Waals surface area contributed by atoms with Crippen LogP contribution in [-0.4, -0.2) is 24.2 Å². The van der Waals surface area contributed by atoms with E-state index >= 15 is 0 Å². The monoisotopic (exact) mass is 268 g/mol. The van der Waals surface area contributed by atoms with Crippen molar-refractivity contribution in [3.05, 3.63) is 16.6 Å². The van der Waals surface area contributed by atoms with E-state index in [9.17, 15) is 0 Å². The first-order valence-corrected chi connectivity index (χ1v) is 8.01. The maximum absolute atomic E-state index is 5.68. The fourth-order valence-corrected chi connectivity index (χ4v) is 3.21. The molecule has 0 aromatic carbocycles. The number of rotatable bonds is 8. The minimum atomic E-state index is 0.485. The predicted octanol–water partition coefficient (Wildman–Crippen LogP) is 3.53. The summed E-state index contributed by atoms with van der Waals surface area (Å²) in [6.07, 6.45) is 9.86. The van der Waals surface area contributed by atoms with E-state index in [0.717, 1.165) is 13.2 Å². The molecular weight excluding hydrogens is 244 g/mol. The summed E-state index contributed by atoms with van der Waals surface area (Å²) in [7, 11) is 0. The zero-order valence-electron chi connectivity index (χ0n) is 11.2. The molecule has 0 spiro atoms. The summed E-state index contributed by atoms with van der Waals surface area (Å²) in [5.41, 5.74) is 1.93. The van der Waals surface area contributed by atoms with Crippen molar-refractivity contribution in [3.63, 3.8) is 0 Å². The van der Waals surface area contributed by atoms with Gasteiger partial charge in [-0.3, -0.25) is 4.98 Å². The Morgan fingerprint density at radius 2 is 2.56 bits per heavy atom. The van der Waals surface area contributed by atoms with Crippen LogP contribution < -0.4 is 5.32 Å². The van der Waals surface area contributed by atoms with Gasteiger partial charge in [-0.05, 0) is 45.1 Å². The molecule has 0 amide bonds. The highest BCUT2D eigenvalue weighted by molar-refractivity contribution is 7.09. The first-order valence-electron chi connectivity index (χ1n) is 7.13. The predicted molar refractivity (Wildman–Crippen MR) is 76.0 cm³/mol. The van der Waals surface area contributed by atoms with Crippen LogP contribution in [0.3, 0.4) is 0 Å². The lowest BCUT2D eigenvalue weighted by atomic mass is 10.0. The van der Waals surface area contributed by atoms with Gasteiger partial charge in [-0.1, -0.05) is 6.92 Å². The summed E-state index contributed by atoms with van der Waals surface area (Å²) >= 11 is 1.76. The SMILES string of the molecule is CCCNC(CCCC1CCCO1)c1cncs1. The average molecular weight is 268 g/mol. The molecule has 0 saturated carbocycles. The Balaban J connectivity index is 1.74. The van der Waals surface area contributed by atoms with Crippen molar-refractivity contribution in [3.8, 4) is 0 Å². The summed E-state index contributed by atoms with van der Waals surface area (Å²) in [5.74, 6) is 0. The van der Waals surface area contributed by atoms with Crippen LogP contribution in [0, 0.1) is 0 Å². The highest BCUT2D eigenvalue weighted by Crippen LogP contribution is 2.25. The number of thiazole rings is 1. The van der Waals surface area contributed by atoms with Crippen LogP contribution >= 0.6 is 11.3 Å². The van der Waals surface area contributed by atoms with Crippen LogP contribution in [0.2, 0.25) is 0 Å². The molecule has 2 unspecified atom stereocenters. The topological polar surface area (TPSA) is 34.1 Å². The van der Waals surface area contributed by atoms with Gasteiger partial charge in [0.05, 0.1) is 11.6 Å². The minimum Gasteiger partial charge on any atom is -0.378 e. The van der Waals surface area contributed by atoms with E-state index < -0.39 is 0 Å². The first-order chi connectivity index (χ1) is 8.90. The molecule has 4 heteroatoms. The van der Waals surface area contributed by atoms with Crippen molar-refractivity contribution in [2.45, 2.75) is 57.6 Å². The second kappa shape index (κ2) is 7.87. The van der Waals surface area contributed by atoms with Crippen LogP contribution in [0.15, 0.2) is 11.7 Å². The van der Waals surface area contributed by atoms with Gasteiger partial charge < -0.3 is 10.1 Å². The van der Waals surface area contributed by atoms with Crippen molar-refractivity contribution in [1.29, 1.82) is 0 Å². The van der Waals surface area contributed by atoms with Crippen molar-refractivity contribution < 1.29 is 4.74 Å². The normalized spacial score (nSPS) is 21.3. The van der Waals surface area contributed by atoms with Gasteiger partial charge in [0.2, 0.25) is 0 Å². The lowest BCUT2D eigenvalue weighted by molar-refractivity contribution is 0.101. The van der Waals surface area contributed by atoms with E-state index in [-0.39, 0.29) is 0 Å². The molecule has 1 aromatic heterocycles. The van der Waals surface area contributed by atoms with Crippen molar-refractivity contribution in [2.24, 2.45) is 0 Å². The minimum absolute atomic E-state index is 0.485. The van der Waals surface area contributed by atoms with Crippen LogP contribution in [0.25, 0.3) is 0 Å². The molecule has 1 fully saturated rings. The van der Waals surface area contributed by atoms with E-state index in [1.54, 1.807) is 11.3 Å². The molecular formula is C14H24N2OS. The third kappa shape index (κ3) is 4.34. The number of hydrogen-bond acceptors (Lipinski definition) is 4. The maximum atomic E-state index is 5.68. The Hall–Kier alpha value is -0.450. The van der Waals surface area contributed by atoms with E-state index in [1.165, 1.54) is 43.4 Å². The Morgan fingerprint density at radius 3 is 3.22 bits per heavy atom. The molecule has 0 bridgehead atoms. The summed E-state index contributed by atoms with van der Waals surface area (Å²) in [6.45, 7) is 4.27. The molecule has 1 aliphatic rings. The van der Waals surface area contributed by atoms with E-state index in [1.807, 2.05) is 11.7 Å². The third-order valence-electron chi connectivity index (χ3n) is 3.48. The van der Waals surface area contributed by atoms with Crippen molar-refractivity contribution >= 4 is 11.3 Å². The number of ether oxygens (including phenoxy) is 1. The first kappa shape index (κ1) is 14.0. The van der Waals surface area contributed by atoms with Crippen molar-refractivity contribution in [1.82, 2.24) is 10.3 Å². The number of nitrogens with zero attached hydrogens (tertiary/aromatic N) is 1. The molecule has 1 aromatic rings. The standard InChI is InChI=1S/C14H24N2OS/c1-2-8-16-13(14-10-15-11-18-14)7-3-5-12-6-4-9-17-12/h10-13,16H,2-9H2,1H3. The van der Waals surface area contributed by atoms with Gasteiger partial charge in [0.15, 0.2) is 0 Å². The molecule has 1 saturated heterocycles. The second-order valence-electron chi connectivity index (χ2n) is 4.98. The van der Waals surface area contributed by atoms with E-state index in [0.29, 0.717) is 12.1 Å². The molecule has 0 aliphatic carbocycles. The fraction of sp³-hybridized carbons (Fsp3) is 0.786. The lowest BCUT2D eigenvalue weighted by Crippen LogP contribution is -2.21. The molecule has 1 N–H and O–H groups in total. The lowest BCUT2D eigenvalue weighted by Gasteiger charge is -2.17. The summed E-state index contributed by atoms with van der Waals surface area (Å²) < 4.78 is 5.68. The molecule has 2 heterocycles. The molecule has 2 atom stereocenters. The number of aromatic nitrogens is 1. The summed E-state index contributed by atoms with van der Waals surface area (Å²) in [4.78, 5) is 5.56. The molecule has 0 radical (unpaired) electrons. The van der Waals surface area contributed by atoms with E-state index in [2.05, 4.69) is 17.2 Å². The Labute approximate surface area is 114 Å². The van der Waals surface area contributed by atoms with E-state index in [4.69, 9.17) is 4.74 Å². The zero-order chi connectivity index (χ0) is 12.6. The molecule has 2 rings (SSSR count). The zero-order valence-corrected chi connectivity index (χ0v) is 12.0. The molecule has 102 valence electrons. The van der Waals surface area contributed by atoms with Crippen LogP contribution in [0.5, 0.6) is 0 Å². The van der Waals surface area contributed by atoms with Gasteiger partial charge in [0.25, 0.3) is 0 Å². The Morgan fingerprint density at radius 1 is 1.61 bits per heavy atom. The number of hydrogen-bond donors (Lipinski definition) is 1. The summed E-state index contributed by atoms with van der Waals surface area (Å²) in [6, 6.07) is 0.485. The van der Waals surface area contributed by atoms with Gasteiger partial charge in [0, 0.05) is 23.7 Å². The second-order valence-corrected chi connectivity index (χ2v) is 5.89. The van der Waals surface area contributed by atoms with Gasteiger partial charge >= 0.3 is 0 Å². The molecule has 3 nitrogen and oxygen atoms in total.